The fraction of sp³-hybridized carbons (Fsp3) is 0.500. The van der Waals surface area contributed by atoms with Crippen LogP contribution in [0.1, 0.15) is 40.9 Å². The van der Waals surface area contributed by atoms with Gasteiger partial charge in [-0.05, 0) is 44.0 Å². The summed E-state index contributed by atoms with van der Waals surface area (Å²) >= 11 is 1.70. The minimum absolute atomic E-state index is 0.457. The zero-order chi connectivity index (χ0) is 14.7. The molecular formula is C16H21N3OS. The molecule has 0 N–H and O–H groups in total. The Morgan fingerprint density at radius 1 is 1.33 bits per heavy atom. The van der Waals surface area contributed by atoms with E-state index in [1.165, 1.54) is 24.8 Å². The van der Waals surface area contributed by atoms with Gasteiger partial charge in [0.15, 0.2) is 0 Å². The van der Waals surface area contributed by atoms with Crippen molar-refractivity contribution in [1.29, 1.82) is 0 Å². The molecule has 4 nitrogen and oxygen atoms in total. The Kier molecular flexibility index (Phi) is 4.51. The first kappa shape index (κ1) is 14.5. The first-order valence-electron chi connectivity index (χ1n) is 7.43. The van der Waals surface area contributed by atoms with E-state index in [1.54, 1.807) is 18.4 Å². The third kappa shape index (κ3) is 3.41. The molecule has 112 valence electrons. The highest BCUT2D eigenvalue weighted by Crippen LogP contribution is 2.33. The Morgan fingerprint density at radius 2 is 2.24 bits per heavy atom. The number of aromatic nitrogens is 2. The molecule has 1 saturated heterocycles. The van der Waals surface area contributed by atoms with Gasteiger partial charge in [-0.3, -0.25) is 4.90 Å². The summed E-state index contributed by atoms with van der Waals surface area (Å²) in [6, 6.07) is 8.91. The Bertz CT molecular complexity index is 599. The molecule has 2 heterocycles. The Labute approximate surface area is 129 Å². The molecule has 0 amide bonds. The second kappa shape index (κ2) is 6.54. The lowest BCUT2D eigenvalue weighted by Gasteiger charge is -2.35. The highest BCUT2D eigenvalue weighted by molar-refractivity contribution is 7.11. The molecule has 0 saturated carbocycles. The summed E-state index contributed by atoms with van der Waals surface area (Å²) in [6.45, 7) is 4.03. The van der Waals surface area contributed by atoms with Crippen LogP contribution in [-0.4, -0.2) is 28.8 Å². The van der Waals surface area contributed by atoms with Gasteiger partial charge in [0.25, 0.3) is 0 Å². The number of hydrogen-bond acceptors (Lipinski definition) is 5. The number of nitrogens with zero attached hydrogens (tertiary/aromatic N) is 3. The largest absolute Gasteiger partial charge is 0.497 e. The molecule has 1 aromatic heterocycles. The average Bonchev–Trinajstić information content (AvgIpc) is 2.93. The number of aryl methyl sites for hydroxylation is 1. The molecule has 0 aliphatic carbocycles. The Balaban J connectivity index is 1.80. The number of likely N-dealkylation sites (tertiary alicyclic amines) is 1. The van der Waals surface area contributed by atoms with Gasteiger partial charge in [0.1, 0.15) is 15.8 Å². The van der Waals surface area contributed by atoms with Crippen LogP contribution in [0.5, 0.6) is 5.75 Å². The summed E-state index contributed by atoms with van der Waals surface area (Å²) in [4.78, 5) is 2.53. The highest BCUT2D eigenvalue weighted by Gasteiger charge is 2.25. The summed E-state index contributed by atoms with van der Waals surface area (Å²) in [5.74, 6) is 0.935. The van der Waals surface area contributed by atoms with Crippen molar-refractivity contribution in [2.24, 2.45) is 0 Å². The number of rotatable bonds is 4. The van der Waals surface area contributed by atoms with E-state index in [4.69, 9.17) is 4.74 Å². The normalized spacial score (nSPS) is 19.6. The summed E-state index contributed by atoms with van der Waals surface area (Å²) < 4.78 is 5.36. The molecule has 3 rings (SSSR count). The van der Waals surface area contributed by atoms with Crippen molar-refractivity contribution in [3.63, 3.8) is 0 Å². The smallest absolute Gasteiger partial charge is 0.131 e. The molecule has 1 aliphatic heterocycles. The van der Waals surface area contributed by atoms with Gasteiger partial charge in [0.05, 0.1) is 13.7 Å². The molecule has 5 heteroatoms. The van der Waals surface area contributed by atoms with Crippen LogP contribution in [0.4, 0.5) is 0 Å². The van der Waals surface area contributed by atoms with Gasteiger partial charge in [0.2, 0.25) is 0 Å². The summed E-state index contributed by atoms with van der Waals surface area (Å²) in [7, 11) is 1.72. The van der Waals surface area contributed by atoms with E-state index in [2.05, 4.69) is 33.3 Å². The van der Waals surface area contributed by atoms with Crippen LogP contribution in [0, 0.1) is 6.92 Å². The summed E-state index contributed by atoms with van der Waals surface area (Å²) in [5, 5.41) is 10.6. The van der Waals surface area contributed by atoms with Crippen LogP contribution in [-0.2, 0) is 6.54 Å². The summed E-state index contributed by atoms with van der Waals surface area (Å²) in [5.41, 5.74) is 1.34. The van der Waals surface area contributed by atoms with Gasteiger partial charge >= 0.3 is 0 Å². The maximum Gasteiger partial charge on any atom is 0.131 e. The average molecular weight is 303 g/mol. The Morgan fingerprint density at radius 3 is 3.00 bits per heavy atom. The standard InChI is InChI=1S/C16H21N3OS/c1-12-17-18-16(21-12)11-19-9-4-3-8-15(19)13-6-5-7-14(10-13)20-2/h5-7,10,15H,3-4,8-9,11H2,1-2H3/t15-/m0/s1. The fourth-order valence-corrected chi connectivity index (χ4v) is 3.72. The van der Waals surface area contributed by atoms with Crippen LogP contribution in [0.3, 0.4) is 0 Å². The topological polar surface area (TPSA) is 38.2 Å². The predicted octanol–water partition coefficient (Wildman–Crippen LogP) is 3.58. The SMILES string of the molecule is COc1cccc([C@@H]2CCCCN2Cc2nnc(C)s2)c1. The van der Waals surface area contributed by atoms with Crippen molar-refractivity contribution < 1.29 is 4.74 Å². The van der Waals surface area contributed by atoms with Gasteiger partial charge in [-0.25, -0.2) is 0 Å². The van der Waals surface area contributed by atoms with Gasteiger partial charge < -0.3 is 4.74 Å². The fourth-order valence-electron chi connectivity index (χ4n) is 2.98. The lowest BCUT2D eigenvalue weighted by molar-refractivity contribution is 0.140. The molecule has 1 aromatic carbocycles. The molecule has 0 bridgehead atoms. The monoisotopic (exact) mass is 303 g/mol. The lowest BCUT2D eigenvalue weighted by atomic mass is 9.95. The number of benzene rings is 1. The number of hydrogen-bond donors (Lipinski definition) is 0. The van der Waals surface area contributed by atoms with E-state index < -0.39 is 0 Å². The third-order valence-electron chi connectivity index (χ3n) is 4.00. The van der Waals surface area contributed by atoms with Crippen molar-refractivity contribution >= 4 is 11.3 Å². The molecule has 0 radical (unpaired) electrons. The van der Waals surface area contributed by atoms with Crippen molar-refractivity contribution in [1.82, 2.24) is 15.1 Å². The second-order valence-electron chi connectivity index (χ2n) is 5.47. The lowest BCUT2D eigenvalue weighted by Crippen LogP contribution is -2.32. The molecule has 1 aliphatic rings. The Hall–Kier alpha value is -1.46. The summed E-state index contributed by atoms with van der Waals surface area (Å²) in [6.07, 6.45) is 3.75. The van der Waals surface area contributed by atoms with Crippen LogP contribution in [0.2, 0.25) is 0 Å². The van der Waals surface area contributed by atoms with Crippen LogP contribution in [0.15, 0.2) is 24.3 Å². The van der Waals surface area contributed by atoms with E-state index in [-0.39, 0.29) is 0 Å². The number of methoxy groups -OCH3 is 1. The highest BCUT2D eigenvalue weighted by atomic mass is 32.1. The van der Waals surface area contributed by atoms with E-state index in [0.717, 1.165) is 28.9 Å². The molecule has 0 unspecified atom stereocenters. The van der Waals surface area contributed by atoms with Crippen LogP contribution >= 0.6 is 11.3 Å². The van der Waals surface area contributed by atoms with Crippen molar-refractivity contribution in [3.05, 3.63) is 39.8 Å². The van der Waals surface area contributed by atoms with Gasteiger partial charge in [-0.15, -0.1) is 21.5 Å². The molecule has 0 spiro atoms. The van der Waals surface area contributed by atoms with Gasteiger partial charge in [-0.1, -0.05) is 18.6 Å². The predicted molar refractivity (Wildman–Crippen MR) is 84.6 cm³/mol. The van der Waals surface area contributed by atoms with Crippen molar-refractivity contribution in [2.45, 2.75) is 38.8 Å². The zero-order valence-corrected chi connectivity index (χ0v) is 13.4. The molecule has 1 fully saturated rings. The van der Waals surface area contributed by atoms with Crippen LogP contribution in [0.25, 0.3) is 0 Å². The third-order valence-corrected chi connectivity index (χ3v) is 4.82. The zero-order valence-electron chi connectivity index (χ0n) is 12.6. The van der Waals surface area contributed by atoms with Crippen molar-refractivity contribution in [2.75, 3.05) is 13.7 Å². The minimum Gasteiger partial charge on any atom is -0.497 e. The van der Waals surface area contributed by atoms with E-state index in [9.17, 15) is 0 Å². The number of piperidine rings is 1. The van der Waals surface area contributed by atoms with Gasteiger partial charge in [0, 0.05) is 6.04 Å². The first-order chi connectivity index (χ1) is 10.3. The van der Waals surface area contributed by atoms with E-state index >= 15 is 0 Å². The first-order valence-corrected chi connectivity index (χ1v) is 8.25. The second-order valence-corrected chi connectivity index (χ2v) is 6.74. The van der Waals surface area contributed by atoms with E-state index in [1.807, 2.05) is 13.0 Å². The van der Waals surface area contributed by atoms with Crippen molar-refractivity contribution in [3.8, 4) is 5.75 Å². The molecule has 2 aromatic rings. The maximum atomic E-state index is 5.36. The minimum atomic E-state index is 0.457. The van der Waals surface area contributed by atoms with E-state index in [0.29, 0.717) is 6.04 Å². The van der Waals surface area contributed by atoms with Gasteiger partial charge in [-0.2, -0.15) is 0 Å². The molecule has 1 atom stereocenters. The quantitative estimate of drug-likeness (QED) is 0.865. The maximum absolute atomic E-state index is 5.36. The molecular weight excluding hydrogens is 282 g/mol. The molecule has 21 heavy (non-hydrogen) atoms. The number of ether oxygens (including phenoxy) is 1. The van der Waals surface area contributed by atoms with Crippen LogP contribution < -0.4 is 4.74 Å².